The van der Waals surface area contributed by atoms with Gasteiger partial charge in [0.05, 0.1) is 72.3 Å². The lowest BCUT2D eigenvalue weighted by atomic mass is 10.2. The molecule has 0 bridgehead atoms. The number of nitrogens with zero attached hydrogens (tertiary/aromatic N) is 7. The number of nitrogens with one attached hydrogen (secondary N) is 5. The van der Waals surface area contributed by atoms with E-state index in [0.717, 1.165) is 37.6 Å². The van der Waals surface area contributed by atoms with E-state index in [2.05, 4.69) is 87.6 Å². The summed E-state index contributed by atoms with van der Waals surface area (Å²) in [6.07, 6.45) is 3.18. The maximum atomic E-state index is 12.8. The van der Waals surface area contributed by atoms with E-state index in [4.69, 9.17) is 18.9 Å². The van der Waals surface area contributed by atoms with E-state index in [1.165, 1.54) is 31.5 Å². The van der Waals surface area contributed by atoms with Gasteiger partial charge in [0.25, 0.3) is 0 Å². The zero-order valence-corrected chi connectivity index (χ0v) is 43.2. The van der Waals surface area contributed by atoms with Gasteiger partial charge in [-0.25, -0.2) is 35.8 Å². The highest BCUT2D eigenvalue weighted by molar-refractivity contribution is 9.11. The lowest BCUT2D eigenvalue weighted by Crippen LogP contribution is -2.36. The molecule has 20 nitrogen and oxygen atoms in total. The van der Waals surface area contributed by atoms with Crippen molar-refractivity contribution in [2.24, 2.45) is 0 Å². The predicted molar refractivity (Wildman–Crippen MR) is 275 cm³/mol. The number of sulfonamides is 2. The minimum Gasteiger partial charge on any atom is -0.494 e. The molecule has 5 N–H and O–H groups in total. The molecule has 0 saturated carbocycles. The first-order valence-electron chi connectivity index (χ1n) is 21.4. The van der Waals surface area contributed by atoms with E-state index < -0.39 is 20.0 Å². The molecular weight excluding hydrogens is 1060 g/mol. The van der Waals surface area contributed by atoms with Gasteiger partial charge in [0.2, 0.25) is 31.9 Å². The highest BCUT2D eigenvalue weighted by Gasteiger charge is 2.23. The number of anilines is 10. The van der Waals surface area contributed by atoms with Crippen LogP contribution >= 0.6 is 31.9 Å². The molecule has 366 valence electrons. The average Bonchev–Trinajstić information content (AvgIpc) is 3.37. The molecule has 8 rings (SSSR count). The van der Waals surface area contributed by atoms with Crippen molar-refractivity contribution in [3.05, 3.63) is 106 Å². The standard InChI is InChI=1S/C23H27BrN6O4S.C22H25BrN6O4S/c1-29(2)35(31,32)21-7-5-4-6-19(21)26-22-17(24)15-25-23(28-22)27-18-9-8-16(14-20(18)33-3)30-10-12-34-13-11-30;1-24-34(30,31)20-6-4-3-5-18(20)26-21-16(23)14-25-22(28-21)27-17-8-7-15(13-19(17)32-2)29-9-11-33-12-10-29/h4-9,14-15H,10-13H2,1-3H3,(H2,25,26,27,28);3-8,13-14,24H,9-12H2,1-2H3,(H2,25,26,27,28). The van der Waals surface area contributed by atoms with Crippen molar-refractivity contribution in [1.82, 2.24) is 29.0 Å². The smallest absolute Gasteiger partial charge is 0.244 e. The summed E-state index contributed by atoms with van der Waals surface area (Å²) in [6.45, 7) is 6.09. The number of morpholine rings is 2. The minimum absolute atomic E-state index is 0.109. The Morgan fingerprint density at radius 3 is 1.43 bits per heavy atom. The highest BCUT2D eigenvalue weighted by Crippen LogP contribution is 2.36. The summed E-state index contributed by atoms with van der Waals surface area (Å²) < 4.78 is 77.0. The molecule has 2 aliphatic heterocycles. The van der Waals surface area contributed by atoms with Crippen LogP contribution in [0.5, 0.6) is 11.5 Å². The maximum absolute atomic E-state index is 12.8. The Hall–Kier alpha value is -5.86. The molecule has 4 heterocycles. The van der Waals surface area contributed by atoms with E-state index in [0.29, 0.717) is 93.2 Å². The number of hydrogen-bond donors (Lipinski definition) is 5. The van der Waals surface area contributed by atoms with Gasteiger partial charge in [-0.05, 0) is 87.4 Å². The Balaban J connectivity index is 0.000000204. The number of rotatable bonds is 16. The molecule has 0 atom stereocenters. The van der Waals surface area contributed by atoms with Crippen molar-refractivity contribution in [3.8, 4) is 11.5 Å². The Morgan fingerprint density at radius 1 is 0.594 bits per heavy atom. The lowest BCUT2D eigenvalue weighted by Gasteiger charge is -2.29. The quantitative estimate of drug-likeness (QED) is 0.0641. The van der Waals surface area contributed by atoms with Gasteiger partial charge in [0.1, 0.15) is 32.9 Å². The van der Waals surface area contributed by atoms with Crippen LogP contribution in [0.1, 0.15) is 0 Å². The summed E-state index contributed by atoms with van der Waals surface area (Å²) in [7, 11) is 0.262. The number of methoxy groups -OCH3 is 2. The molecule has 0 radical (unpaired) electrons. The Bertz CT molecular complexity index is 2960. The molecule has 6 aromatic rings. The molecule has 2 aliphatic rings. The summed E-state index contributed by atoms with van der Waals surface area (Å²) in [5, 5.41) is 12.6. The van der Waals surface area contributed by atoms with Gasteiger partial charge in [0, 0.05) is 76.2 Å². The average molecular weight is 1110 g/mol. The van der Waals surface area contributed by atoms with Crippen LogP contribution in [-0.2, 0) is 29.5 Å². The van der Waals surface area contributed by atoms with E-state index in [1.807, 2.05) is 36.4 Å². The molecule has 2 aromatic heterocycles. The monoisotopic (exact) mass is 1110 g/mol. The number of halogens is 2. The fourth-order valence-corrected chi connectivity index (χ4v) is 9.54. The van der Waals surface area contributed by atoms with Gasteiger partial charge in [-0.1, -0.05) is 24.3 Å². The summed E-state index contributed by atoms with van der Waals surface area (Å²) in [4.78, 5) is 22.5. The summed E-state index contributed by atoms with van der Waals surface area (Å²) in [6, 6.07) is 25.0. The third-order valence-electron chi connectivity index (χ3n) is 10.7. The molecule has 2 fully saturated rings. The number of ether oxygens (including phenoxy) is 4. The summed E-state index contributed by atoms with van der Waals surface area (Å²) in [5.74, 6) is 2.75. The second-order valence-corrected chi connectivity index (χ2v) is 20.9. The van der Waals surface area contributed by atoms with Crippen molar-refractivity contribution in [3.63, 3.8) is 0 Å². The molecular formula is C45H52Br2N12O8S2. The Kier molecular flexibility index (Phi) is 17.1. The predicted octanol–water partition coefficient (Wildman–Crippen LogP) is 7.30. The normalized spacial score (nSPS) is 14.1. The van der Waals surface area contributed by atoms with Gasteiger partial charge in [-0.2, -0.15) is 9.97 Å². The van der Waals surface area contributed by atoms with E-state index in [-0.39, 0.29) is 9.79 Å². The van der Waals surface area contributed by atoms with Crippen molar-refractivity contribution in [1.29, 1.82) is 0 Å². The van der Waals surface area contributed by atoms with Crippen LogP contribution in [0.15, 0.2) is 116 Å². The fourth-order valence-electron chi connectivity index (χ4n) is 7.03. The van der Waals surface area contributed by atoms with Crippen LogP contribution < -0.4 is 45.3 Å². The topological polar surface area (TPSA) is 227 Å². The molecule has 2 saturated heterocycles. The lowest BCUT2D eigenvalue weighted by molar-refractivity contribution is 0.122. The number of benzene rings is 4. The minimum atomic E-state index is -3.66. The molecule has 4 aromatic carbocycles. The van der Waals surface area contributed by atoms with Gasteiger partial charge in [0.15, 0.2) is 0 Å². The van der Waals surface area contributed by atoms with Crippen molar-refractivity contribution in [2.75, 3.05) is 119 Å². The zero-order chi connectivity index (χ0) is 49.1. The van der Waals surface area contributed by atoms with Crippen LogP contribution in [0.3, 0.4) is 0 Å². The molecule has 0 amide bonds. The SMILES string of the molecule is CNS(=O)(=O)c1ccccc1Nc1nc(Nc2ccc(N3CCOCC3)cc2OC)ncc1Br.COc1cc(N2CCOCC2)ccc1Nc1ncc(Br)c(Nc2ccccc2S(=O)(=O)N(C)C)n1. The number of hydrogen-bond acceptors (Lipinski definition) is 18. The first-order chi connectivity index (χ1) is 33.2. The molecule has 69 heavy (non-hydrogen) atoms. The molecule has 0 spiro atoms. The van der Waals surface area contributed by atoms with Gasteiger partial charge >= 0.3 is 0 Å². The highest BCUT2D eigenvalue weighted by atomic mass is 79.9. The van der Waals surface area contributed by atoms with Crippen LogP contribution in [0.2, 0.25) is 0 Å². The summed E-state index contributed by atoms with van der Waals surface area (Å²) >= 11 is 6.87. The first kappa shape index (κ1) is 51.0. The zero-order valence-electron chi connectivity index (χ0n) is 38.4. The van der Waals surface area contributed by atoms with E-state index >= 15 is 0 Å². The molecule has 0 aliphatic carbocycles. The van der Waals surface area contributed by atoms with E-state index in [9.17, 15) is 16.8 Å². The van der Waals surface area contributed by atoms with Gasteiger partial charge in [-0.3, -0.25) is 0 Å². The van der Waals surface area contributed by atoms with Crippen LogP contribution in [0, 0.1) is 0 Å². The van der Waals surface area contributed by atoms with Crippen molar-refractivity contribution < 1.29 is 35.8 Å². The third kappa shape index (κ3) is 12.7. The van der Waals surface area contributed by atoms with Crippen LogP contribution in [-0.4, -0.2) is 129 Å². The van der Waals surface area contributed by atoms with Crippen LogP contribution in [0.4, 0.5) is 57.7 Å². The third-order valence-corrected chi connectivity index (χ3v) is 15.2. The molecule has 0 unspecified atom stereocenters. The number of para-hydroxylation sites is 2. The van der Waals surface area contributed by atoms with Crippen molar-refractivity contribution >= 4 is 110 Å². The summed E-state index contributed by atoms with van der Waals surface area (Å²) in [5.41, 5.74) is 4.29. The fraction of sp³-hybridized carbons (Fsp3) is 0.289. The second-order valence-electron chi connectivity index (χ2n) is 15.2. The largest absolute Gasteiger partial charge is 0.494 e. The van der Waals surface area contributed by atoms with E-state index in [1.54, 1.807) is 69.1 Å². The second kappa shape index (κ2) is 23.2. The van der Waals surface area contributed by atoms with Gasteiger partial charge in [-0.15, -0.1) is 0 Å². The first-order valence-corrected chi connectivity index (χ1v) is 25.9. The van der Waals surface area contributed by atoms with Crippen molar-refractivity contribution in [2.45, 2.75) is 9.79 Å². The molecule has 24 heteroatoms. The Labute approximate surface area is 418 Å². The van der Waals surface area contributed by atoms with Crippen LogP contribution in [0.25, 0.3) is 0 Å². The Morgan fingerprint density at radius 2 is 1.01 bits per heavy atom. The number of aromatic nitrogens is 4. The van der Waals surface area contributed by atoms with Gasteiger partial charge < -0.3 is 50.0 Å². The maximum Gasteiger partial charge on any atom is 0.244 e.